The summed E-state index contributed by atoms with van der Waals surface area (Å²) in [5.41, 5.74) is 6.59. The number of hydrogen-bond acceptors (Lipinski definition) is 3. The second-order valence-corrected chi connectivity index (χ2v) is 4.17. The van der Waals surface area contributed by atoms with Gasteiger partial charge in [0.2, 0.25) is 5.91 Å². The van der Waals surface area contributed by atoms with Crippen molar-refractivity contribution in [1.29, 1.82) is 0 Å². The van der Waals surface area contributed by atoms with Gasteiger partial charge in [-0.1, -0.05) is 12.2 Å². The third kappa shape index (κ3) is 2.14. The molecule has 1 aromatic heterocycles. The Morgan fingerprint density at radius 2 is 2.38 bits per heavy atom. The fourth-order valence-corrected chi connectivity index (χ4v) is 1.87. The highest BCUT2D eigenvalue weighted by atomic mass is 16.2. The fraction of sp³-hybridized carbons (Fsp3) is 0.455. The van der Waals surface area contributed by atoms with Gasteiger partial charge < -0.3 is 11.1 Å². The first-order valence-corrected chi connectivity index (χ1v) is 5.31. The smallest absolute Gasteiger partial charge is 0.232 e. The van der Waals surface area contributed by atoms with E-state index in [0.717, 1.165) is 11.5 Å². The standard InChI is InChI=1S/C11H16N4O/c1-7-5-10(15(2)14-7)13-11(16)8-3-4-9(12)6-8/h3-5,8-9H,6,12H2,1-2H3,(H,13,16). The average Bonchev–Trinajstić information content (AvgIpc) is 2.74. The van der Waals surface area contributed by atoms with Crippen LogP contribution in [-0.4, -0.2) is 21.7 Å². The zero-order valence-corrected chi connectivity index (χ0v) is 9.47. The van der Waals surface area contributed by atoms with Gasteiger partial charge in [-0.3, -0.25) is 9.48 Å². The van der Waals surface area contributed by atoms with E-state index in [1.54, 1.807) is 11.7 Å². The zero-order valence-electron chi connectivity index (χ0n) is 9.47. The van der Waals surface area contributed by atoms with E-state index in [-0.39, 0.29) is 17.9 Å². The molecule has 2 rings (SSSR count). The lowest BCUT2D eigenvalue weighted by atomic mass is 10.1. The van der Waals surface area contributed by atoms with Crippen LogP contribution in [0, 0.1) is 12.8 Å². The number of aromatic nitrogens is 2. The van der Waals surface area contributed by atoms with Crippen molar-refractivity contribution in [2.75, 3.05) is 5.32 Å². The quantitative estimate of drug-likeness (QED) is 0.716. The highest BCUT2D eigenvalue weighted by Crippen LogP contribution is 2.18. The first kappa shape index (κ1) is 10.9. The highest BCUT2D eigenvalue weighted by Gasteiger charge is 2.23. The van der Waals surface area contributed by atoms with Crippen molar-refractivity contribution in [3.8, 4) is 0 Å². The second kappa shape index (κ2) is 4.09. The molecule has 86 valence electrons. The Bertz CT molecular complexity index is 435. The molecule has 1 aliphatic carbocycles. The predicted molar refractivity (Wildman–Crippen MR) is 61.8 cm³/mol. The summed E-state index contributed by atoms with van der Waals surface area (Å²) in [5, 5.41) is 7.01. The number of nitrogens with zero attached hydrogens (tertiary/aromatic N) is 2. The lowest BCUT2D eigenvalue weighted by Crippen LogP contribution is -2.24. The number of carbonyl (C=O) groups excluding carboxylic acids is 1. The van der Waals surface area contributed by atoms with Gasteiger partial charge in [-0.25, -0.2) is 0 Å². The molecular formula is C11H16N4O. The Labute approximate surface area is 94.3 Å². The highest BCUT2D eigenvalue weighted by molar-refractivity contribution is 5.93. The summed E-state index contributed by atoms with van der Waals surface area (Å²) >= 11 is 0. The third-order valence-electron chi connectivity index (χ3n) is 2.71. The minimum Gasteiger partial charge on any atom is -0.324 e. The molecule has 1 heterocycles. The van der Waals surface area contributed by atoms with Crippen LogP contribution in [0.25, 0.3) is 0 Å². The van der Waals surface area contributed by atoms with E-state index in [4.69, 9.17) is 5.73 Å². The van der Waals surface area contributed by atoms with Crippen LogP contribution in [0.1, 0.15) is 12.1 Å². The molecular weight excluding hydrogens is 204 g/mol. The van der Waals surface area contributed by atoms with Crippen LogP contribution >= 0.6 is 0 Å². The topological polar surface area (TPSA) is 72.9 Å². The number of aryl methyl sites for hydroxylation is 2. The molecule has 0 saturated carbocycles. The summed E-state index contributed by atoms with van der Waals surface area (Å²) in [6.45, 7) is 1.89. The van der Waals surface area contributed by atoms with Crippen LogP contribution in [0.15, 0.2) is 18.2 Å². The maximum atomic E-state index is 11.9. The van der Waals surface area contributed by atoms with Crippen molar-refractivity contribution in [2.24, 2.45) is 18.7 Å². The Morgan fingerprint density at radius 1 is 1.62 bits per heavy atom. The van der Waals surface area contributed by atoms with Crippen molar-refractivity contribution in [3.63, 3.8) is 0 Å². The molecule has 0 aliphatic heterocycles. The lowest BCUT2D eigenvalue weighted by Gasteiger charge is -2.10. The normalized spacial score (nSPS) is 23.7. The number of hydrogen-bond donors (Lipinski definition) is 2. The SMILES string of the molecule is Cc1cc(NC(=O)C2C=CC(N)C2)n(C)n1. The van der Waals surface area contributed by atoms with Gasteiger partial charge >= 0.3 is 0 Å². The van der Waals surface area contributed by atoms with Crippen LogP contribution in [0.3, 0.4) is 0 Å². The molecule has 2 unspecified atom stereocenters. The van der Waals surface area contributed by atoms with E-state index < -0.39 is 0 Å². The maximum Gasteiger partial charge on any atom is 0.232 e. The van der Waals surface area contributed by atoms with Gasteiger partial charge in [0.05, 0.1) is 11.6 Å². The Hall–Kier alpha value is -1.62. The van der Waals surface area contributed by atoms with E-state index in [2.05, 4.69) is 10.4 Å². The first-order chi connectivity index (χ1) is 7.56. The van der Waals surface area contributed by atoms with Crippen LogP contribution in [0.4, 0.5) is 5.82 Å². The molecule has 2 atom stereocenters. The number of nitrogens with one attached hydrogen (secondary N) is 1. The molecule has 16 heavy (non-hydrogen) atoms. The minimum absolute atomic E-state index is 0.00373. The summed E-state index contributed by atoms with van der Waals surface area (Å²) < 4.78 is 1.66. The number of nitrogens with two attached hydrogens (primary N) is 1. The summed E-state index contributed by atoms with van der Waals surface area (Å²) in [5.74, 6) is 0.578. The first-order valence-electron chi connectivity index (χ1n) is 5.31. The molecule has 0 aromatic carbocycles. The van der Waals surface area contributed by atoms with Gasteiger partial charge in [-0.2, -0.15) is 5.10 Å². The monoisotopic (exact) mass is 220 g/mol. The molecule has 0 bridgehead atoms. The molecule has 5 heteroatoms. The Kier molecular flexibility index (Phi) is 2.78. The summed E-state index contributed by atoms with van der Waals surface area (Å²) in [4.78, 5) is 11.9. The van der Waals surface area contributed by atoms with Crippen molar-refractivity contribution in [2.45, 2.75) is 19.4 Å². The largest absolute Gasteiger partial charge is 0.324 e. The fourth-order valence-electron chi connectivity index (χ4n) is 1.87. The molecule has 0 fully saturated rings. The van der Waals surface area contributed by atoms with Crippen LogP contribution in [0.5, 0.6) is 0 Å². The molecule has 5 nitrogen and oxygen atoms in total. The minimum atomic E-state index is -0.120. The van der Waals surface area contributed by atoms with Gasteiger partial charge in [0, 0.05) is 19.2 Å². The Balaban J connectivity index is 2.03. The van der Waals surface area contributed by atoms with Gasteiger partial charge in [0.15, 0.2) is 0 Å². The number of rotatable bonds is 2. The van der Waals surface area contributed by atoms with Crippen LogP contribution < -0.4 is 11.1 Å². The second-order valence-electron chi connectivity index (χ2n) is 4.17. The lowest BCUT2D eigenvalue weighted by molar-refractivity contribution is -0.118. The van der Waals surface area contributed by atoms with Crippen molar-refractivity contribution in [3.05, 3.63) is 23.9 Å². The van der Waals surface area contributed by atoms with Crippen molar-refractivity contribution < 1.29 is 4.79 Å². The van der Waals surface area contributed by atoms with E-state index in [1.165, 1.54) is 0 Å². The summed E-state index contributed by atoms with van der Waals surface area (Å²) in [7, 11) is 1.80. The summed E-state index contributed by atoms with van der Waals surface area (Å²) in [6.07, 6.45) is 4.42. The predicted octanol–water partition coefficient (Wildman–Crippen LogP) is 0.570. The van der Waals surface area contributed by atoms with Gasteiger partial charge in [-0.05, 0) is 13.3 Å². The number of amides is 1. The Morgan fingerprint density at radius 3 is 2.88 bits per heavy atom. The number of carbonyl (C=O) groups is 1. The molecule has 1 aliphatic rings. The van der Waals surface area contributed by atoms with Crippen molar-refractivity contribution in [1.82, 2.24) is 9.78 Å². The van der Waals surface area contributed by atoms with Crippen LogP contribution in [-0.2, 0) is 11.8 Å². The molecule has 0 saturated heterocycles. The average molecular weight is 220 g/mol. The summed E-state index contributed by atoms with van der Waals surface area (Å²) in [6, 6.07) is 1.85. The molecule has 1 amide bonds. The third-order valence-corrected chi connectivity index (χ3v) is 2.71. The number of anilines is 1. The van der Waals surface area contributed by atoms with E-state index >= 15 is 0 Å². The van der Waals surface area contributed by atoms with Gasteiger partial charge in [-0.15, -0.1) is 0 Å². The van der Waals surface area contributed by atoms with Crippen LogP contribution in [0.2, 0.25) is 0 Å². The van der Waals surface area contributed by atoms with Crippen molar-refractivity contribution >= 4 is 11.7 Å². The van der Waals surface area contributed by atoms with Gasteiger partial charge in [0.1, 0.15) is 5.82 Å². The van der Waals surface area contributed by atoms with Gasteiger partial charge in [0.25, 0.3) is 0 Å². The molecule has 0 radical (unpaired) electrons. The van der Waals surface area contributed by atoms with E-state index in [1.807, 2.05) is 25.1 Å². The maximum absolute atomic E-state index is 11.9. The molecule has 0 spiro atoms. The molecule has 1 aromatic rings. The van der Waals surface area contributed by atoms with E-state index in [9.17, 15) is 4.79 Å². The van der Waals surface area contributed by atoms with E-state index in [0.29, 0.717) is 6.42 Å². The molecule has 3 N–H and O–H groups in total. The zero-order chi connectivity index (χ0) is 11.7.